The van der Waals surface area contributed by atoms with Crippen molar-refractivity contribution in [1.82, 2.24) is 9.88 Å². The first kappa shape index (κ1) is 21.0. The molecule has 2 aromatic carbocycles. The summed E-state index contributed by atoms with van der Waals surface area (Å²) in [6.07, 6.45) is 1.12. The number of pyridine rings is 1. The first-order valence-electron chi connectivity index (χ1n) is 10.8. The van der Waals surface area contributed by atoms with Gasteiger partial charge < -0.3 is 9.64 Å². The van der Waals surface area contributed by atoms with E-state index in [2.05, 4.69) is 13.8 Å². The smallest absolute Gasteiger partial charge is 0.339 e. The van der Waals surface area contributed by atoms with E-state index in [9.17, 15) is 9.59 Å². The number of nitrogens with zero attached hydrogens (tertiary/aromatic N) is 2. The number of benzene rings is 2. The molecule has 0 saturated carbocycles. The SMILES string of the molecule is Cc1c(-c2ccccc2)nc2ccccc2c1C(=O)OCC(=O)N1CC(C)CC(C)C1. The van der Waals surface area contributed by atoms with Gasteiger partial charge in [-0.25, -0.2) is 9.78 Å². The third-order valence-corrected chi connectivity index (χ3v) is 5.94. The van der Waals surface area contributed by atoms with Gasteiger partial charge in [-0.2, -0.15) is 0 Å². The molecule has 1 aliphatic heterocycles. The molecule has 2 unspecified atom stereocenters. The molecule has 0 bridgehead atoms. The summed E-state index contributed by atoms with van der Waals surface area (Å²) in [6.45, 7) is 7.38. The first-order valence-corrected chi connectivity index (χ1v) is 10.8. The number of fused-ring (bicyclic) bond motifs is 1. The molecular weight excluding hydrogens is 388 g/mol. The normalized spacial score (nSPS) is 18.7. The minimum atomic E-state index is -0.486. The van der Waals surface area contributed by atoms with Gasteiger partial charge in [0.15, 0.2) is 6.61 Å². The molecule has 1 aliphatic rings. The van der Waals surface area contributed by atoms with Crippen molar-refractivity contribution < 1.29 is 14.3 Å². The summed E-state index contributed by atoms with van der Waals surface area (Å²) >= 11 is 0. The molecule has 0 aliphatic carbocycles. The van der Waals surface area contributed by atoms with Crippen LogP contribution in [0.5, 0.6) is 0 Å². The molecule has 1 aromatic heterocycles. The summed E-state index contributed by atoms with van der Waals surface area (Å²) < 4.78 is 5.54. The van der Waals surface area contributed by atoms with Crippen LogP contribution in [0.15, 0.2) is 54.6 Å². The predicted molar refractivity (Wildman–Crippen MR) is 122 cm³/mol. The molecule has 5 nitrogen and oxygen atoms in total. The minimum Gasteiger partial charge on any atom is -0.452 e. The molecule has 2 atom stereocenters. The highest BCUT2D eigenvalue weighted by molar-refractivity contribution is 6.06. The maximum absolute atomic E-state index is 13.2. The summed E-state index contributed by atoms with van der Waals surface area (Å²) in [4.78, 5) is 32.5. The molecule has 5 heteroatoms. The van der Waals surface area contributed by atoms with E-state index >= 15 is 0 Å². The Hall–Kier alpha value is -3.21. The number of aromatic nitrogens is 1. The average Bonchev–Trinajstić information content (AvgIpc) is 2.76. The third-order valence-electron chi connectivity index (χ3n) is 5.94. The maximum atomic E-state index is 13.2. The molecular formula is C26H28N2O3. The monoisotopic (exact) mass is 416 g/mol. The summed E-state index contributed by atoms with van der Waals surface area (Å²) in [5, 5.41) is 0.734. The van der Waals surface area contributed by atoms with Crippen LogP contribution >= 0.6 is 0 Å². The van der Waals surface area contributed by atoms with Crippen molar-refractivity contribution in [3.63, 3.8) is 0 Å². The minimum absolute atomic E-state index is 0.133. The summed E-state index contributed by atoms with van der Waals surface area (Å²) in [7, 11) is 0. The number of carbonyl (C=O) groups excluding carboxylic acids is 2. The van der Waals surface area contributed by atoms with Crippen LogP contribution in [-0.2, 0) is 9.53 Å². The molecule has 0 radical (unpaired) electrons. The van der Waals surface area contributed by atoms with Crippen molar-refractivity contribution in [3.8, 4) is 11.3 Å². The molecule has 0 spiro atoms. The molecule has 0 N–H and O–H groups in total. The Bertz CT molecular complexity index is 1100. The van der Waals surface area contributed by atoms with E-state index in [0.717, 1.165) is 47.2 Å². The molecule has 1 saturated heterocycles. The zero-order valence-electron chi connectivity index (χ0n) is 18.3. The average molecular weight is 417 g/mol. The molecule has 3 aromatic rings. The number of para-hydroxylation sites is 1. The number of piperidine rings is 1. The second kappa shape index (κ2) is 8.88. The second-order valence-electron chi connectivity index (χ2n) is 8.66. The van der Waals surface area contributed by atoms with E-state index in [-0.39, 0.29) is 12.5 Å². The Morgan fingerprint density at radius 3 is 2.35 bits per heavy atom. The Morgan fingerprint density at radius 2 is 1.65 bits per heavy atom. The van der Waals surface area contributed by atoms with Gasteiger partial charge >= 0.3 is 5.97 Å². The molecule has 4 rings (SSSR count). The van der Waals surface area contributed by atoms with Crippen LogP contribution in [-0.4, -0.2) is 41.5 Å². The van der Waals surface area contributed by atoms with Gasteiger partial charge in [-0.15, -0.1) is 0 Å². The molecule has 160 valence electrons. The van der Waals surface area contributed by atoms with E-state index in [4.69, 9.17) is 9.72 Å². The second-order valence-corrected chi connectivity index (χ2v) is 8.66. The van der Waals surface area contributed by atoms with Crippen LogP contribution in [0.25, 0.3) is 22.2 Å². The molecule has 1 fully saturated rings. The van der Waals surface area contributed by atoms with Crippen LogP contribution in [0.3, 0.4) is 0 Å². The quantitative estimate of drug-likeness (QED) is 0.569. The van der Waals surface area contributed by atoms with Crippen molar-refractivity contribution in [3.05, 3.63) is 65.7 Å². The Kier molecular flexibility index (Phi) is 6.03. The van der Waals surface area contributed by atoms with Gasteiger partial charge in [0.25, 0.3) is 5.91 Å². The van der Waals surface area contributed by atoms with Gasteiger partial charge in [0.1, 0.15) is 0 Å². The van der Waals surface area contributed by atoms with Gasteiger partial charge in [0.2, 0.25) is 0 Å². The highest BCUT2D eigenvalue weighted by Gasteiger charge is 2.27. The lowest BCUT2D eigenvalue weighted by Crippen LogP contribution is -2.44. The van der Waals surface area contributed by atoms with E-state index in [1.165, 1.54) is 0 Å². The zero-order chi connectivity index (χ0) is 22.0. The lowest BCUT2D eigenvalue weighted by molar-refractivity contribution is -0.137. The van der Waals surface area contributed by atoms with Crippen molar-refractivity contribution in [2.75, 3.05) is 19.7 Å². The molecule has 2 heterocycles. The van der Waals surface area contributed by atoms with Gasteiger partial charge in [0.05, 0.1) is 16.8 Å². The number of amides is 1. The first-order chi connectivity index (χ1) is 14.9. The highest BCUT2D eigenvalue weighted by Crippen LogP contribution is 2.30. The van der Waals surface area contributed by atoms with Crippen molar-refractivity contribution >= 4 is 22.8 Å². The van der Waals surface area contributed by atoms with Crippen LogP contribution in [0.1, 0.15) is 36.2 Å². The van der Waals surface area contributed by atoms with Crippen molar-refractivity contribution in [2.24, 2.45) is 11.8 Å². The summed E-state index contributed by atoms with van der Waals surface area (Å²) in [5.74, 6) is 0.303. The fraction of sp³-hybridized carbons (Fsp3) is 0.346. The van der Waals surface area contributed by atoms with Crippen LogP contribution in [0.4, 0.5) is 0 Å². The van der Waals surface area contributed by atoms with Crippen molar-refractivity contribution in [1.29, 1.82) is 0 Å². The summed E-state index contributed by atoms with van der Waals surface area (Å²) in [5.41, 5.74) is 3.63. The number of hydrogen-bond donors (Lipinski definition) is 0. The fourth-order valence-corrected chi connectivity index (χ4v) is 4.60. The number of likely N-dealkylation sites (tertiary alicyclic amines) is 1. The van der Waals surface area contributed by atoms with Crippen molar-refractivity contribution in [2.45, 2.75) is 27.2 Å². The van der Waals surface area contributed by atoms with E-state index < -0.39 is 5.97 Å². The zero-order valence-corrected chi connectivity index (χ0v) is 18.3. The van der Waals surface area contributed by atoms with Gasteiger partial charge in [-0.05, 0) is 36.8 Å². The Morgan fingerprint density at radius 1 is 1.00 bits per heavy atom. The highest BCUT2D eigenvalue weighted by atomic mass is 16.5. The lowest BCUT2D eigenvalue weighted by Gasteiger charge is -2.34. The maximum Gasteiger partial charge on any atom is 0.339 e. The Labute approximate surface area is 183 Å². The number of hydrogen-bond acceptors (Lipinski definition) is 4. The van der Waals surface area contributed by atoms with Gasteiger partial charge in [-0.1, -0.05) is 62.4 Å². The molecule has 31 heavy (non-hydrogen) atoms. The van der Waals surface area contributed by atoms with Crippen LogP contribution in [0, 0.1) is 18.8 Å². The predicted octanol–water partition coefficient (Wildman–Crippen LogP) is 4.87. The van der Waals surface area contributed by atoms with Gasteiger partial charge in [-0.3, -0.25) is 4.79 Å². The largest absolute Gasteiger partial charge is 0.452 e. The van der Waals surface area contributed by atoms with E-state index in [1.54, 1.807) is 0 Å². The number of esters is 1. The van der Waals surface area contributed by atoms with E-state index in [0.29, 0.717) is 17.4 Å². The topological polar surface area (TPSA) is 59.5 Å². The number of carbonyl (C=O) groups is 2. The van der Waals surface area contributed by atoms with Crippen LogP contribution in [0.2, 0.25) is 0 Å². The lowest BCUT2D eigenvalue weighted by atomic mass is 9.92. The Balaban J connectivity index is 1.62. The number of ether oxygens (including phenoxy) is 1. The van der Waals surface area contributed by atoms with E-state index in [1.807, 2.05) is 66.4 Å². The third kappa shape index (κ3) is 4.46. The molecule has 1 amide bonds. The van der Waals surface area contributed by atoms with Gasteiger partial charge in [0, 0.05) is 24.0 Å². The van der Waals surface area contributed by atoms with Crippen LogP contribution < -0.4 is 0 Å². The standard InChI is InChI=1S/C26H28N2O3/c1-17-13-18(2)15-28(14-17)23(29)16-31-26(30)24-19(3)25(20-9-5-4-6-10-20)27-22-12-8-7-11-21(22)24/h4-12,17-18H,13-16H2,1-3H3. The summed E-state index contributed by atoms with van der Waals surface area (Å²) in [6, 6.07) is 17.3. The number of rotatable bonds is 4. The fourth-order valence-electron chi connectivity index (χ4n) is 4.60.